The minimum absolute atomic E-state index is 0.389. The number of aryl methyl sites for hydroxylation is 1. The van der Waals surface area contributed by atoms with Crippen molar-refractivity contribution in [1.29, 1.82) is 0 Å². The largest absolute Gasteiger partial charge is 0.386 e. The molecule has 130 valence electrons. The number of rotatable bonds is 3. The smallest absolute Gasteiger partial charge is 0.121 e. The molecular formula is C21H23ClN2O. The molecule has 0 spiro atoms. The lowest BCUT2D eigenvalue weighted by molar-refractivity contribution is 0.106. The highest BCUT2D eigenvalue weighted by Crippen LogP contribution is 2.37. The molecular weight excluding hydrogens is 332 g/mol. The third-order valence-corrected chi connectivity index (χ3v) is 5.60. The Bertz CT molecular complexity index is 832. The lowest BCUT2D eigenvalue weighted by atomic mass is 9.88. The van der Waals surface area contributed by atoms with Gasteiger partial charge in [0, 0.05) is 5.02 Å². The van der Waals surface area contributed by atoms with E-state index in [1.807, 2.05) is 6.07 Å². The van der Waals surface area contributed by atoms with Gasteiger partial charge in [-0.05, 0) is 66.5 Å². The van der Waals surface area contributed by atoms with E-state index in [9.17, 15) is 0 Å². The fraction of sp³-hybridized carbons (Fsp3) is 0.381. The van der Waals surface area contributed by atoms with Crippen LogP contribution in [0.5, 0.6) is 0 Å². The average molecular weight is 355 g/mol. The summed E-state index contributed by atoms with van der Waals surface area (Å²) >= 11 is 6.13. The Morgan fingerprint density at radius 3 is 3.00 bits per heavy atom. The average Bonchev–Trinajstić information content (AvgIpc) is 2.97. The summed E-state index contributed by atoms with van der Waals surface area (Å²) in [5.74, 6) is 1.13. The number of hydrogen-bond acceptors (Lipinski definition) is 3. The second kappa shape index (κ2) is 6.47. The van der Waals surface area contributed by atoms with Crippen molar-refractivity contribution in [3.63, 3.8) is 0 Å². The van der Waals surface area contributed by atoms with Crippen LogP contribution < -0.4 is 5.73 Å². The topological polar surface area (TPSA) is 47.6 Å². The second-order valence-corrected chi connectivity index (χ2v) is 7.79. The van der Waals surface area contributed by atoms with Gasteiger partial charge in [-0.15, -0.1) is 0 Å². The van der Waals surface area contributed by atoms with E-state index in [-0.39, 0.29) is 5.54 Å². The fourth-order valence-electron chi connectivity index (χ4n) is 4.09. The third kappa shape index (κ3) is 3.31. The first-order valence-corrected chi connectivity index (χ1v) is 9.21. The number of amidine groups is 1. The number of ether oxygens (including phenoxy) is 1. The Labute approximate surface area is 153 Å². The molecule has 0 saturated heterocycles. The second-order valence-electron chi connectivity index (χ2n) is 7.35. The minimum Gasteiger partial charge on any atom is -0.386 e. The standard InChI is InChI=1S/C21H23ClN2O/c1-21(13-25-12-20(23)24-21)17-4-2-3-14(10-17)9-15-5-6-16-11-18(22)7-8-19(15)16/h2-4,7-8,10-11,15H,5-6,9,12-13H2,1H3,(H2,23,24). The molecule has 1 aliphatic carbocycles. The van der Waals surface area contributed by atoms with Gasteiger partial charge in [-0.25, -0.2) is 0 Å². The van der Waals surface area contributed by atoms with E-state index >= 15 is 0 Å². The Kier molecular flexibility index (Phi) is 4.30. The van der Waals surface area contributed by atoms with Gasteiger partial charge in [0.15, 0.2) is 0 Å². The van der Waals surface area contributed by atoms with Gasteiger partial charge in [-0.3, -0.25) is 4.99 Å². The van der Waals surface area contributed by atoms with Crippen LogP contribution in [0.25, 0.3) is 0 Å². The first-order valence-electron chi connectivity index (χ1n) is 8.83. The number of hydrogen-bond donors (Lipinski definition) is 1. The molecule has 2 atom stereocenters. The van der Waals surface area contributed by atoms with Gasteiger partial charge in [0.1, 0.15) is 18.0 Å². The molecule has 0 bridgehead atoms. The molecule has 2 unspecified atom stereocenters. The lowest BCUT2D eigenvalue weighted by Crippen LogP contribution is -2.37. The van der Waals surface area contributed by atoms with Gasteiger partial charge in [0.2, 0.25) is 0 Å². The van der Waals surface area contributed by atoms with Gasteiger partial charge in [0.25, 0.3) is 0 Å². The van der Waals surface area contributed by atoms with E-state index in [0.29, 0.717) is 25.0 Å². The number of fused-ring (bicyclic) bond motifs is 1. The van der Waals surface area contributed by atoms with Crippen LogP contribution in [-0.2, 0) is 23.1 Å². The Balaban J connectivity index is 1.59. The lowest BCUT2D eigenvalue weighted by Gasteiger charge is -2.30. The first kappa shape index (κ1) is 16.6. The van der Waals surface area contributed by atoms with E-state index in [4.69, 9.17) is 22.1 Å². The monoisotopic (exact) mass is 354 g/mol. The zero-order valence-corrected chi connectivity index (χ0v) is 15.2. The Morgan fingerprint density at radius 1 is 1.28 bits per heavy atom. The van der Waals surface area contributed by atoms with Crippen LogP contribution in [0.2, 0.25) is 5.02 Å². The summed E-state index contributed by atoms with van der Waals surface area (Å²) in [7, 11) is 0. The van der Waals surface area contributed by atoms with E-state index in [1.165, 1.54) is 28.7 Å². The van der Waals surface area contributed by atoms with Crippen molar-refractivity contribution in [2.75, 3.05) is 13.2 Å². The summed E-state index contributed by atoms with van der Waals surface area (Å²) in [5.41, 5.74) is 10.9. The quantitative estimate of drug-likeness (QED) is 0.897. The molecule has 0 amide bonds. The maximum atomic E-state index is 6.13. The Morgan fingerprint density at radius 2 is 2.16 bits per heavy atom. The van der Waals surface area contributed by atoms with Crippen LogP contribution in [-0.4, -0.2) is 19.0 Å². The number of benzene rings is 2. The number of halogens is 1. The maximum Gasteiger partial charge on any atom is 0.121 e. The molecule has 0 fully saturated rings. The predicted molar refractivity (Wildman–Crippen MR) is 102 cm³/mol. The summed E-state index contributed by atoms with van der Waals surface area (Å²) in [6, 6.07) is 15.0. The van der Waals surface area contributed by atoms with E-state index in [1.54, 1.807) is 0 Å². The van der Waals surface area contributed by atoms with Crippen LogP contribution in [0.15, 0.2) is 47.5 Å². The van der Waals surface area contributed by atoms with Crippen LogP contribution >= 0.6 is 11.6 Å². The highest BCUT2D eigenvalue weighted by molar-refractivity contribution is 6.30. The number of nitrogens with zero attached hydrogens (tertiary/aromatic N) is 1. The van der Waals surface area contributed by atoms with Crippen molar-refractivity contribution in [3.05, 3.63) is 69.7 Å². The molecule has 4 rings (SSSR count). The summed E-state index contributed by atoms with van der Waals surface area (Å²) in [6.07, 6.45) is 3.34. The van der Waals surface area contributed by atoms with Crippen molar-refractivity contribution >= 4 is 17.4 Å². The van der Waals surface area contributed by atoms with Gasteiger partial charge in [0.05, 0.1) is 6.61 Å². The number of aliphatic imine (C=N–C) groups is 1. The van der Waals surface area contributed by atoms with Crippen LogP contribution in [0.3, 0.4) is 0 Å². The molecule has 0 saturated carbocycles. The highest BCUT2D eigenvalue weighted by Gasteiger charge is 2.30. The molecule has 1 aliphatic heterocycles. The molecule has 25 heavy (non-hydrogen) atoms. The van der Waals surface area contributed by atoms with Crippen molar-refractivity contribution in [2.24, 2.45) is 10.7 Å². The fourth-order valence-corrected chi connectivity index (χ4v) is 4.28. The molecule has 0 radical (unpaired) electrons. The minimum atomic E-state index is -0.389. The predicted octanol–water partition coefficient (Wildman–Crippen LogP) is 4.22. The Hall–Kier alpha value is -1.84. The van der Waals surface area contributed by atoms with Crippen molar-refractivity contribution in [3.8, 4) is 0 Å². The third-order valence-electron chi connectivity index (χ3n) is 5.36. The summed E-state index contributed by atoms with van der Waals surface area (Å²) in [6.45, 7) is 3.09. The maximum absolute atomic E-state index is 6.13. The molecule has 0 aromatic heterocycles. The van der Waals surface area contributed by atoms with E-state index in [0.717, 1.165) is 17.9 Å². The van der Waals surface area contributed by atoms with E-state index < -0.39 is 0 Å². The van der Waals surface area contributed by atoms with Crippen molar-refractivity contribution in [2.45, 2.75) is 37.6 Å². The molecule has 2 aromatic rings. The molecule has 2 N–H and O–H groups in total. The van der Waals surface area contributed by atoms with Crippen molar-refractivity contribution in [1.82, 2.24) is 0 Å². The zero-order chi connectivity index (χ0) is 17.4. The van der Waals surface area contributed by atoms with E-state index in [2.05, 4.69) is 48.3 Å². The summed E-state index contributed by atoms with van der Waals surface area (Å²) in [5, 5.41) is 0.835. The number of nitrogens with two attached hydrogens (primary N) is 1. The van der Waals surface area contributed by atoms with Crippen LogP contribution in [0.4, 0.5) is 0 Å². The van der Waals surface area contributed by atoms with Crippen LogP contribution in [0.1, 0.15) is 41.5 Å². The molecule has 2 aliphatic rings. The molecule has 3 nitrogen and oxygen atoms in total. The highest BCUT2D eigenvalue weighted by atomic mass is 35.5. The summed E-state index contributed by atoms with van der Waals surface area (Å²) < 4.78 is 5.61. The normalized spacial score (nSPS) is 25.5. The van der Waals surface area contributed by atoms with Crippen molar-refractivity contribution < 1.29 is 4.74 Å². The van der Waals surface area contributed by atoms with Gasteiger partial charge < -0.3 is 10.5 Å². The van der Waals surface area contributed by atoms with Gasteiger partial charge in [-0.1, -0.05) is 41.9 Å². The first-order chi connectivity index (χ1) is 12.0. The molecule has 1 heterocycles. The van der Waals surface area contributed by atoms with Crippen LogP contribution in [0, 0.1) is 0 Å². The molecule has 4 heteroatoms. The van der Waals surface area contributed by atoms with Gasteiger partial charge in [-0.2, -0.15) is 0 Å². The SMILES string of the molecule is CC1(c2cccc(CC3CCc4cc(Cl)ccc43)c2)COCC(N)=N1. The molecule has 2 aromatic carbocycles. The zero-order valence-electron chi connectivity index (χ0n) is 14.5. The van der Waals surface area contributed by atoms with Gasteiger partial charge >= 0.3 is 0 Å². The summed E-state index contributed by atoms with van der Waals surface area (Å²) in [4.78, 5) is 4.66.